The van der Waals surface area contributed by atoms with E-state index >= 15 is 0 Å². The lowest BCUT2D eigenvalue weighted by atomic mass is 10.0. The van der Waals surface area contributed by atoms with Crippen molar-refractivity contribution in [1.82, 2.24) is 19.6 Å². The zero-order valence-electron chi connectivity index (χ0n) is 16.1. The van der Waals surface area contributed by atoms with Crippen molar-refractivity contribution in [3.63, 3.8) is 0 Å². The predicted molar refractivity (Wildman–Crippen MR) is 92.9 cm³/mol. The molecule has 3 heterocycles. The summed E-state index contributed by atoms with van der Waals surface area (Å²) >= 11 is 0. The first kappa shape index (κ1) is 22.2. The number of carbonyl (C=O) groups is 2. The highest BCUT2D eigenvalue weighted by molar-refractivity contribution is 5.94. The van der Waals surface area contributed by atoms with Gasteiger partial charge in [-0.3, -0.25) is 14.4 Å². The minimum Gasteiger partial charge on any atom is -0.475 e. The smallest absolute Gasteiger partial charge is 0.475 e. The molecule has 1 fully saturated rings. The molecule has 11 heteroatoms. The van der Waals surface area contributed by atoms with E-state index in [0.29, 0.717) is 38.0 Å². The molecule has 0 radical (unpaired) electrons. The van der Waals surface area contributed by atoms with E-state index in [1.807, 2.05) is 16.6 Å². The third kappa shape index (κ3) is 5.22. The fourth-order valence-corrected chi connectivity index (χ4v) is 3.12. The Morgan fingerprint density at radius 3 is 2.25 bits per heavy atom. The molecule has 2 aliphatic heterocycles. The molecule has 0 spiro atoms. The van der Waals surface area contributed by atoms with Gasteiger partial charge in [0.15, 0.2) is 5.69 Å². The highest BCUT2D eigenvalue weighted by Crippen LogP contribution is 2.24. The minimum absolute atomic E-state index is 0.0631. The number of nitrogens with zero attached hydrogens (tertiary/aromatic N) is 4. The first-order valence-electron chi connectivity index (χ1n) is 8.98. The Morgan fingerprint density at radius 2 is 1.75 bits per heavy atom. The normalized spacial score (nSPS) is 17.8. The number of aryl methyl sites for hydroxylation is 1. The number of carboxylic acids is 1. The van der Waals surface area contributed by atoms with Gasteiger partial charge in [-0.1, -0.05) is 0 Å². The summed E-state index contributed by atoms with van der Waals surface area (Å²) in [6, 6.07) is 0.520. The van der Waals surface area contributed by atoms with Gasteiger partial charge < -0.3 is 14.7 Å². The summed E-state index contributed by atoms with van der Waals surface area (Å²) in [6.45, 7) is 8.89. The standard InChI is InChI=1S/C15H24N4O2.C2HF3O2/c1-11(2)19-5-4-12-13(10-19)17(3)16-14(12)15(20)18-6-8-21-9-7-18;3-2(4,5)1(6)7/h11H,4-10H2,1-3H3;(H,6,7). The monoisotopic (exact) mass is 406 g/mol. The average molecular weight is 406 g/mol. The zero-order valence-corrected chi connectivity index (χ0v) is 16.1. The second-order valence-electron chi connectivity index (χ2n) is 6.92. The zero-order chi connectivity index (χ0) is 21.1. The molecule has 1 saturated heterocycles. The quantitative estimate of drug-likeness (QED) is 0.797. The highest BCUT2D eigenvalue weighted by Gasteiger charge is 2.38. The van der Waals surface area contributed by atoms with Gasteiger partial charge in [-0.25, -0.2) is 4.79 Å². The molecule has 3 rings (SSSR count). The van der Waals surface area contributed by atoms with Gasteiger partial charge in [0.25, 0.3) is 5.91 Å². The molecular weight excluding hydrogens is 381 g/mol. The molecule has 0 aliphatic carbocycles. The Balaban J connectivity index is 0.000000345. The number of morpholine rings is 1. The van der Waals surface area contributed by atoms with Gasteiger partial charge >= 0.3 is 12.1 Å². The Bertz CT molecular complexity index is 712. The molecule has 0 bridgehead atoms. The van der Waals surface area contributed by atoms with Crippen LogP contribution in [0.2, 0.25) is 0 Å². The third-order valence-corrected chi connectivity index (χ3v) is 4.75. The largest absolute Gasteiger partial charge is 0.490 e. The van der Waals surface area contributed by atoms with Gasteiger partial charge in [0.1, 0.15) is 0 Å². The number of fused-ring (bicyclic) bond motifs is 1. The molecule has 2 aliphatic rings. The maximum atomic E-state index is 12.7. The number of aromatic nitrogens is 2. The minimum atomic E-state index is -5.08. The average Bonchev–Trinajstić information content (AvgIpc) is 2.98. The Labute approximate surface area is 160 Å². The lowest BCUT2D eigenvalue weighted by Gasteiger charge is -2.31. The van der Waals surface area contributed by atoms with Crippen molar-refractivity contribution in [2.45, 2.75) is 39.0 Å². The van der Waals surface area contributed by atoms with Crippen LogP contribution in [0.4, 0.5) is 13.2 Å². The first-order chi connectivity index (χ1) is 13.0. The van der Waals surface area contributed by atoms with Crippen LogP contribution >= 0.6 is 0 Å². The molecule has 0 unspecified atom stereocenters. The number of halogens is 3. The van der Waals surface area contributed by atoms with E-state index in [-0.39, 0.29) is 5.91 Å². The van der Waals surface area contributed by atoms with Crippen LogP contribution in [0.5, 0.6) is 0 Å². The molecule has 8 nitrogen and oxygen atoms in total. The summed E-state index contributed by atoms with van der Waals surface area (Å²) in [5, 5.41) is 11.6. The SMILES string of the molecule is CC(C)N1CCc2c(C(=O)N3CCOCC3)nn(C)c2C1.O=C(O)C(F)(F)F. The van der Waals surface area contributed by atoms with Crippen LogP contribution in [0.1, 0.15) is 35.6 Å². The number of rotatable bonds is 2. The maximum absolute atomic E-state index is 12.7. The fraction of sp³-hybridized carbons (Fsp3) is 0.706. The molecule has 0 saturated carbocycles. The molecule has 0 aromatic carbocycles. The Morgan fingerprint density at radius 1 is 1.18 bits per heavy atom. The van der Waals surface area contributed by atoms with Crippen LogP contribution in [0.15, 0.2) is 0 Å². The second kappa shape index (κ2) is 8.91. The number of carboxylic acid groups (broad SMARTS) is 1. The van der Waals surface area contributed by atoms with E-state index < -0.39 is 12.1 Å². The molecule has 0 atom stereocenters. The van der Waals surface area contributed by atoms with E-state index in [2.05, 4.69) is 23.8 Å². The summed E-state index contributed by atoms with van der Waals surface area (Å²) in [7, 11) is 1.94. The first-order valence-corrected chi connectivity index (χ1v) is 8.98. The number of hydrogen-bond donors (Lipinski definition) is 1. The van der Waals surface area contributed by atoms with Crippen molar-refractivity contribution in [2.24, 2.45) is 7.05 Å². The van der Waals surface area contributed by atoms with Gasteiger partial charge in [-0.05, 0) is 20.3 Å². The number of aliphatic carboxylic acids is 1. The van der Waals surface area contributed by atoms with Gasteiger partial charge in [0.2, 0.25) is 0 Å². The number of ether oxygens (including phenoxy) is 1. The number of amides is 1. The Hall–Kier alpha value is -2.14. The molecule has 1 amide bonds. The summed E-state index contributed by atoms with van der Waals surface area (Å²) in [5.74, 6) is -2.69. The van der Waals surface area contributed by atoms with E-state index in [1.54, 1.807) is 0 Å². The lowest BCUT2D eigenvalue weighted by Crippen LogP contribution is -2.41. The van der Waals surface area contributed by atoms with Crippen LogP contribution in [0.25, 0.3) is 0 Å². The van der Waals surface area contributed by atoms with Gasteiger partial charge in [0, 0.05) is 44.8 Å². The lowest BCUT2D eigenvalue weighted by molar-refractivity contribution is -0.192. The summed E-state index contributed by atoms with van der Waals surface area (Å²) in [6.07, 6.45) is -4.17. The van der Waals surface area contributed by atoms with Crippen LogP contribution < -0.4 is 0 Å². The van der Waals surface area contributed by atoms with E-state index in [1.165, 1.54) is 5.69 Å². The van der Waals surface area contributed by atoms with Crippen molar-refractivity contribution in [1.29, 1.82) is 0 Å². The van der Waals surface area contributed by atoms with Crippen LogP contribution in [-0.4, -0.2) is 81.6 Å². The van der Waals surface area contributed by atoms with Crippen molar-refractivity contribution >= 4 is 11.9 Å². The van der Waals surface area contributed by atoms with Crippen LogP contribution in [-0.2, 0) is 29.5 Å². The molecule has 158 valence electrons. The summed E-state index contributed by atoms with van der Waals surface area (Å²) < 4.78 is 38.9. The topological polar surface area (TPSA) is 87.9 Å². The predicted octanol–water partition coefficient (Wildman–Crippen LogP) is 1.29. The number of hydrogen-bond acceptors (Lipinski definition) is 5. The van der Waals surface area contributed by atoms with Crippen molar-refractivity contribution in [3.8, 4) is 0 Å². The third-order valence-electron chi connectivity index (χ3n) is 4.75. The molecule has 1 aromatic heterocycles. The van der Waals surface area contributed by atoms with E-state index in [9.17, 15) is 18.0 Å². The van der Waals surface area contributed by atoms with Crippen molar-refractivity contribution in [3.05, 3.63) is 17.0 Å². The fourth-order valence-electron chi connectivity index (χ4n) is 3.12. The second-order valence-corrected chi connectivity index (χ2v) is 6.92. The summed E-state index contributed by atoms with van der Waals surface area (Å²) in [4.78, 5) is 25.9. The Kier molecular flexibility index (Phi) is 7.05. The molecule has 1 aromatic rings. The molecule has 1 N–H and O–H groups in total. The van der Waals surface area contributed by atoms with Crippen LogP contribution in [0, 0.1) is 0 Å². The highest BCUT2D eigenvalue weighted by atomic mass is 19.4. The van der Waals surface area contributed by atoms with Gasteiger partial charge in [-0.2, -0.15) is 18.3 Å². The van der Waals surface area contributed by atoms with Crippen LogP contribution in [0.3, 0.4) is 0 Å². The van der Waals surface area contributed by atoms with Gasteiger partial charge in [-0.15, -0.1) is 0 Å². The van der Waals surface area contributed by atoms with E-state index in [0.717, 1.165) is 25.1 Å². The maximum Gasteiger partial charge on any atom is 0.490 e. The molecule has 28 heavy (non-hydrogen) atoms. The van der Waals surface area contributed by atoms with Crippen molar-refractivity contribution in [2.75, 3.05) is 32.8 Å². The number of alkyl halides is 3. The summed E-state index contributed by atoms with van der Waals surface area (Å²) in [5.41, 5.74) is 2.98. The van der Waals surface area contributed by atoms with Crippen molar-refractivity contribution < 1.29 is 32.6 Å². The number of carbonyl (C=O) groups excluding carboxylic acids is 1. The molecular formula is C17H25F3N4O4. The van der Waals surface area contributed by atoms with Gasteiger partial charge in [0.05, 0.1) is 18.9 Å². The van der Waals surface area contributed by atoms with E-state index in [4.69, 9.17) is 14.6 Å².